The maximum Gasteiger partial charge on any atom is 0.267 e. The zero-order chi connectivity index (χ0) is 19.2. The molecular weight excluding hydrogens is 348 g/mol. The zero-order valence-electron chi connectivity index (χ0n) is 17.5. The summed E-state index contributed by atoms with van der Waals surface area (Å²) in [6.07, 6.45) is 20.6. The van der Waals surface area contributed by atoms with Gasteiger partial charge in [-0.2, -0.15) is 0 Å². The Bertz CT molecular complexity index is 717. The summed E-state index contributed by atoms with van der Waals surface area (Å²) in [5.74, 6) is 4.50. The van der Waals surface area contributed by atoms with E-state index in [2.05, 4.69) is 21.6 Å². The van der Waals surface area contributed by atoms with Crippen LogP contribution in [0.15, 0.2) is 10.6 Å². The summed E-state index contributed by atoms with van der Waals surface area (Å²) < 4.78 is 8.25. The Morgan fingerprint density at radius 1 is 0.893 bits per heavy atom. The number of nitrogens with zero attached hydrogens (tertiary/aromatic N) is 4. The lowest BCUT2D eigenvalue weighted by Gasteiger charge is -2.14. The van der Waals surface area contributed by atoms with Crippen molar-refractivity contribution in [2.75, 3.05) is 0 Å². The molecule has 2 saturated carbocycles. The van der Waals surface area contributed by atoms with Gasteiger partial charge >= 0.3 is 0 Å². The van der Waals surface area contributed by atoms with Crippen LogP contribution < -0.4 is 0 Å². The average molecular weight is 385 g/mol. The number of rotatable bonds is 4. The van der Waals surface area contributed by atoms with Crippen molar-refractivity contribution in [1.29, 1.82) is 0 Å². The van der Waals surface area contributed by atoms with Crippen LogP contribution in [0.1, 0.15) is 107 Å². The Hall–Kier alpha value is -1.65. The molecule has 0 bridgehead atoms. The molecule has 0 N–H and O–H groups in total. The van der Waals surface area contributed by atoms with E-state index in [9.17, 15) is 0 Å². The molecule has 2 aromatic heterocycles. The number of hydrogen-bond acceptors (Lipinski definition) is 4. The van der Waals surface area contributed by atoms with Gasteiger partial charge in [-0.15, -0.1) is 5.10 Å². The first-order valence-electron chi connectivity index (χ1n) is 11.7. The van der Waals surface area contributed by atoms with Gasteiger partial charge in [-0.25, -0.2) is 14.6 Å². The van der Waals surface area contributed by atoms with Crippen LogP contribution in [0, 0.1) is 12.8 Å². The number of hydrogen-bond donors (Lipinski definition) is 0. The normalized spacial score (nSPS) is 21.0. The van der Waals surface area contributed by atoms with Crippen molar-refractivity contribution < 1.29 is 4.42 Å². The number of oxazole rings is 1. The largest absolute Gasteiger partial charge is 0.438 e. The smallest absolute Gasteiger partial charge is 0.267 e. The fourth-order valence-electron chi connectivity index (χ4n) is 4.97. The summed E-state index contributed by atoms with van der Waals surface area (Å²) in [4.78, 5) is 9.22. The molecule has 0 unspecified atom stereocenters. The van der Waals surface area contributed by atoms with Gasteiger partial charge in [-0.05, 0) is 38.5 Å². The van der Waals surface area contributed by atoms with Crippen molar-refractivity contribution in [3.63, 3.8) is 0 Å². The van der Waals surface area contributed by atoms with Crippen LogP contribution in [0.4, 0.5) is 0 Å². The minimum Gasteiger partial charge on any atom is -0.438 e. The van der Waals surface area contributed by atoms with E-state index in [1.807, 2.05) is 6.20 Å². The highest BCUT2D eigenvalue weighted by atomic mass is 16.4. The predicted molar refractivity (Wildman–Crippen MR) is 111 cm³/mol. The summed E-state index contributed by atoms with van der Waals surface area (Å²) in [6.45, 7) is 3.03. The molecule has 0 saturated heterocycles. The van der Waals surface area contributed by atoms with Crippen LogP contribution in [0.3, 0.4) is 0 Å². The van der Waals surface area contributed by atoms with E-state index in [1.165, 1.54) is 89.9 Å². The van der Waals surface area contributed by atoms with E-state index in [1.54, 1.807) is 0 Å². The molecule has 5 nitrogen and oxygen atoms in total. The summed E-state index contributed by atoms with van der Waals surface area (Å²) >= 11 is 0. The zero-order valence-corrected chi connectivity index (χ0v) is 17.5. The summed E-state index contributed by atoms with van der Waals surface area (Å²) in [5.41, 5.74) is 0. The highest BCUT2D eigenvalue weighted by molar-refractivity contribution is 5.39. The molecule has 2 heterocycles. The second-order valence-electron chi connectivity index (χ2n) is 8.99. The monoisotopic (exact) mass is 384 g/mol. The lowest BCUT2D eigenvalue weighted by Crippen LogP contribution is -2.12. The van der Waals surface area contributed by atoms with Gasteiger partial charge in [0.2, 0.25) is 5.82 Å². The summed E-state index contributed by atoms with van der Waals surface area (Å²) in [7, 11) is 0. The van der Waals surface area contributed by atoms with Crippen molar-refractivity contribution in [2.24, 2.45) is 5.92 Å². The molecular formula is C23H36N4O. The van der Waals surface area contributed by atoms with Crippen LogP contribution in [0.5, 0.6) is 0 Å². The molecule has 2 aliphatic rings. The maximum atomic E-state index is 6.18. The molecule has 5 heteroatoms. The van der Waals surface area contributed by atoms with Gasteiger partial charge in [-0.1, -0.05) is 64.2 Å². The quantitative estimate of drug-likeness (QED) is 0.570. The maximum absolute atomic E-state index is 6.18. The van der Waals surface area contributed by atoms with E-state index in [4.69, 9.17) is 9.52 Å². The van der Waals surface area contributed by atoms with Gasteiger partial charge in [0, 0.05) is 12.5 Å². The van der Waals surface area contributed by atoms with E-state index in [0.717, 1.165) is 24.0 Å². The summed E-state index contributed by atoms with van der Waals surface area (Å²) in [5, 5.41) is 4.76. The van der Waals surface area contributed by atoms with Gasteiger partial charge < -0.3 is 4.42 Å². The second kappa shape index (κ2) is 9.71. The fraction of sp³-hybridized carbons (Fsp3) is 0.783. The standard InChI is InChI=1S/C23H36N4O/c1-18-25-22(26-27(18)17-19-12-8-6-7-9-13-19)23-24-16-21(28-23)20-14-10-4-2-3-5-11-15-20/h16,19-20H,2-15,17H2,1H3. The molecule has 0 aliphatic heterocycles. The van der Waals surface area contributed by atoms with Crippen LogP contribution in [-0.2, 0) is 6.54 Å². The Balaban J connectivity index is 1.44. The van der Waals surface area contributed by atoms with Gasteiger partial charge in [-0.3, -0.25) is 0 Å². The first-order valence-corrected chi connectivity index (χ1v) is 11.7. The van der Waals surface area contributed by atoms with E-state index in [-0.39, 0.29) is 0 Å². The van der Waals surface area contributed by atoms with E-state index < -0.39 is 0 Å². The Kier molecular flexibility index (Phi) is 6.81. The van der Waals surface area contributed by atoms with Gasteiger partial charge in [0.15, 0.2) is 0 Å². The highest BCUT2D eigenvalue weighted by Gasteiger charge is 2.21. The number of aryl methyl sites for hydroxylation is 1. The van der Waals surface area contributed by atoms with Crippen molar-refractivity contribution in [3.05, 3.63) is 17.8 Å². The van der Waals surface area contributed by atoms with Crippen molar-refractivity contribution in [3.8, 4) is 11.7 Å². The van der Waals surface area contributed by atoms with Crippen LogP contribution in [-0.4, -0.2) is 19.7 Å². The van der Waals surface area contributed by atoms with Crippen LogP contribution >= 0.6 is 0 Å². The average Bonchev–Trinajstić information content (AvgIpc) is 3.26. The Morgan fingerprint density at radius 3 is 2.18 bits per heavy atom. The lowest BCUT2D eigenvalue weighted by molar-refractivity contribution is 0.370. The third-order valence-electron chi connectivity index (χ3n) is 6.73. The minimum atomic E-state index is 0.508. The molecule has 4 rings (SSSR count). The van der Waals surface area contributed by atoms with Crippen molar-refractivity contribution >= 4 is 0 Å². The minimum absolute atomic E-state index is 0.508. The molecule has 0 amide bonds. The molecule has 0 spiro atoms. The van der Waals surface area contributed by atoms with Crippen molar-refractivity contribution in [1.82, 2.24) is 19.7 Å². The molecule has 0 aromatic carbocycles. The summed E-state index contributed by atoms with van der Waals surface area (Å²) in [6, 6.07) is 0. The molecule has 28 heavy (non-hydrogen) atoms. The molecule has 2 aliphatic carbocycles. The predicted octanol–water partition coefficient (Wildman–Crippen LogP) is 6.43. The van der Waals surface area contributed by atoms with Crippen LogP contribution in [0.25, 0.3) is 11.7 Å². The molecule has 2 fully saturated rings. The SMILES string of the molecule is Cc1nc(-c2ncc(C3CCCCCCCC3)o2)nn1CC1CCCCCC1. The Morgan fingerprint density at radius 2 is 1.50 bits per heavy atom. The lowest BCUT2D eigenvalue weighted by atomic mass is 9.95. The van der Waals surface area contributed by atoms with Gasteiger partial charge in [0.1, 0.15) is 11.6 Å². The first-order chi connectivity index (χ1) is 13.8. The highest BCUT2D eigenvalue weighted by Crippen LogP contribution is 2.32. The molecule has 0 radical (unpaired) electrons. The third kappa shape index (κ3) is 5.03. The van der Waals surface area contributed by atoms with Gasteiger partial charge in [0.05, 0.1) is 6.20 Å². The molecule has 0 atom stereocenters. The topological polar surface area (TPSA) is 56.7 Å². The van der Waals surface area contributed by atoms with E-state index in [0.29, 0.717) is 17.6 Å². The Labute approximate surface area is 169 Å². The number of aromatic nitrogens is 4. The molecule has 154 valence electrons. The van der Waals surface area contributed by atoms with Gasteiger partial charge in [0.25, 0.3) is 5.89 Å². The third-order valence-corrected chi connectivity index (χ3v) is 6.73. The first kappa shape index (κ1) is 19.7. The second-order valence-corrected chi connectivity index (χ2v) is 8.99. The molecule has 2 aromatic rings. The fourth-order valence-corrected chi connectivity index (χ4v) is 4.97. The van der Waals surface area contributed by atoms with Crippen LogP contribution in [0.2, 0.25) is 0 Å². The van der Waals surface area contributed by atoms with Crippen molar-refractivity contribution in [2.45, 2.75) is 109 Å². The van der Waals surface area contributed by atoms with E-state index >= 15 is 0 Å².